The zero-order valence-electron chi connectivity index (χ0n) is 15.0. The number of hydrogen-bond acceptors (Lipinski definition) is 5. The van der Waals surface area contributed by atoms with E-state index < -0.39 is 0 Å². The topological polar surface area (TPSA) is 50.7 Å². The van der Waals surface area contributed by atoms with E-state index in [4.69, 9.17) is 9.97 Å². The van der Waals surface area contributed by atoms with Crippen molar-refractivity contribution in [2.75, 3.05) is 11.1 Å². The first-order valence-corrected chi connectivity index (χ1v) is 10.1. The Morgan fingerprint density at radius 1 is 1.04 bits per heavy atom. The summed E-state index contributed by atoms with van der Waals surface area (Å²) < 4.78 is 13.9. The molecule has 0 radical (unpaired) electrons. The molecule has 1 atom stereocenters. The van der Waals surface area contributed by atoms with Gasteiger partial charge in [-0.1, -0.05) is 12.1 Å². The predicted octanol–water partition coefficient (Wildman–Crippen LogP) is 5.48. The van der Waals surface area contributed by atoms with Gasteiger partial charge in [0, 0.05) is 34.0 Å². The fourth-order valence-electron chi connectivity index (χ4n) is 3.49. The highest BCUT2D eigenvalue weighted by Gasteiger charge is 2.23. The van der Waals surface area contributed by atoms with Crippen molar-refractivity contribution in [1.82, 2.24) is 15.0 Å². The van der Waals surface area contributed by atoms with Crippen LogP contribution in [0.2, 0.25) is 0 Å². The van der Waals surface area contributed by atoms with Crippen LogP contribution in [0, 0.1) is 5.82 Å². The van der Waals surface area contributed by atoms with E-state index in [0.717, 1.165) is 44.9 Å². The van der Waals surface area contributed by atoms with Gasteiger partial charge in [-0.25, -0.2) is 14.4 Å². The standard InChI is InChI=1S/C22H17FN4S/c23-15-7-8-20-17(12-15)19(9-11-28-20)26-22-16-5-1-2-6-18(16)25-21(27-22)14-4-3-10-24-13-14/h1-8,10,12-13,19H,9,11H2,(H,25,26,27)/t19-/m1/s1. The highest BCUT2D eigenvalue weighted by atomic mass is 32.2. The molecule has 28 heavy (non-hydrogen) atoms. The number of pyridine rings is 1. The fraction of sp³-hybridized carbons (Fsp3) is 0.136. The molecule has 1 N–H and O–H groups in total. The molecule has 3 heterocycles. The maximum Gasteiger partial charge on any atom is 0.163 e. The molecule has 0 amide bonds. The van der Waals surface area contributed by atoms with E-state index in [1.807, 2.05) is 42.5 Å². The second-order valence-electron chi connectivity index (χ2n) is 6.67. The zero-order chi connectivity index (χ0) is 18.9. The molecule has 0 saturated carbocycles. The van der Waals surface area contributed by atoms with Gasteiger partial charge in [0.25, 0.3) is 0 Å². The Morgan fingerprint density at radius 2 is 1.96 bits per heavy atom. The molecule has 2 aromatic heterocycles. The minimum atomic E-state index is -0.211. The minimum Gasteiger partial charge on any atom is -0.363 e. The lowest BCUT2D eigenvalue weighted by Gasteiger charge is -2.27. The van der Waals surface area contributed by atoms with Gasteiger partial charge in [-0.05, 0) is 54.4 Å². The average molecular weight is 388 g/mol. The quantitative estimate of drug-likeness (QED) is 0.504. The molecule has 4 aromatic rings. The molecule has 0 unspecified atom stereocenters. The fourth-order valence-corrected chi connectivity index (χ4v) is 4.60. The Hall–Kier alpha value is -2.99. The largest absolute Gasteiger partial charge is 0.363 e. The van der Waals surface area contributed by atoms with Gasteiger partial charge in [-0.2, -0.15) is 0 Å². The van der Waals surface area contributed by atoms with Crippen LogP contribution in [-0.2, 0) is 0 Å². The Labute approximate surface area is 166 Å². The average Bonchev–Trinajstić information content (AvgIpc) is 2.75. The lowest BCUT2D eigenvalue weighted by Crippen LogP contribution is -2.17. The van der Waals surface area contributed by atoms with Crippen molar-refractivity contribution >= 4 is 28.5 Å². The first-order valence-electron chi connectivity index (χ1n) is 9.14. The number of nitrogens with zero attached hydrogens (tertiary/aromatic N) is 3. The Balaban J connectivity index is 1.61. The van der Waals surface area contributed by atoms with E-state index in [1.165, 1.54) is 6.07 Å². The summed E-state index contributed by atoms with van der Waals surface area (Å²) in [6, 6.07) is 16.8. The van der Waals surface area contributed by atoms with Crippen molar-refractivity contribution < 1.29 is 4.39 Å². The van der Waals surface area contributed by atoms with Crippen LogP contribution in [0.3, 0.4) is 0 Å². The van der Waals surface area contributed by atoms with E-state index in [1.54, 1.807) is 30.2 Å². The Morgan fingerprint density at radius 3 is 2.86 bits per heavy atom. The Kier molecular flexibility index (Phi) is 4.41. The summed E-state index contributed by atoms with van der Waals surface area (Å²) in [5.74, 6) is 2.15. The molecule has 1 aliphatic heterocycles. The molecule has 0 aliphatic carbocycles. The monoisotopic (exact) mass is 388 g/mol. The van der Waals surface area contributed by atoms with Gasteiger partial charge in [0.2, 0.25) is 0 Å². The number of nitrogens with one attached hydrogen (secondary N) is 1. The molecule has 0 saturated heterocycles. The van der Waals surface area contributed by atoms with Gasteiger partial charge >= 0.3 is 0 Å². The molecule has 138 valence electrons. The molecule has 1 aliphatic rings. The maximum absolute atomic E-state index is 13.9. The molecule has 0 spiro atoms. The van der Waals surface area contributed by atoms with Gasteiger partial charge in [0.1, 0.15) is 11.6 Å². The van der Waals surface area contributed by atoms with Crippen molar-refractivity contribution in [1.29, 1.82) is 0 Å². The lowest BCUT2D eigenvalue weighted by atomic mass is 10.0. The summed E-state index contributed by atoms with van der Waals surface area (Å²) in [5, 5.41) is 4.52. The third-order valence-corrected chi connectivity index (χ3v) is 5.97. The molecule has 4 nitrogen and oxygen atoms in total. The van der Waals surface area contributed by atoms with Crippen molar-refractivity contribution in [2.45, 2.75) is 17.4 Å². The molecule has 5 rings (SSSR count). The molecule has 0 fully saturated rings. The van der Waals surface area contributed by atoms with Gasteiger partial charge in [0.05, 0.1) is 11.6 Å². The van der Waals surface area contributed by atoms with Crippen LogP contribution in [0.25, 0.3) is 22.3 Å². The summed E-state index contributed by atoms with van der Waals surface area (Å²) in [5.41, 5.74) is 2.72. The molecule has 0 bridgehead atoms. The highest BCUT2D eigenvalue weighted by Crippen LogP contribution is 2.39. The van der Waals surface area contributed by atoms with Crippen LogP contribution in [0.5, 0.6) is 0 Å². The molecular weight excluding hydrogens is 371 g/mol. The van der Waals surface area contributed by atoms with Crippen LogP contribution in [0.1, 0.15) is 18.0 Å². The number of halogens is 1. The van der Waals surface area contributed by atoms with Crippen molar-refractivity contribution in [3.8, 4) is 11.4 Å². The van der Waals surface area contributed by atoms with Crippen molar-refractivity contribution in [3.63, 3.8) is 0 Å². The number of hydrogen-bond donors (Lipinski definition) is 1. The van der Waals surface area contributed by atoms with Crippen molar-refractivity contribution in [3.05, 3.63) is 78.4 Å². The van der Waals surface area contributed by atoms with Crippen LogP contribution in [-0.4, -0.2) is 20.7 Å². The zero-order valence-corrected chi connectivity index (χ0v) is 15.8. The van der Waals surface area contributed by atoms with Gasteiger partial charge in [-0.3, -0.25) is 4.98 Å². The number of para-hydroxylation sites is 1. The van der Waals surface area contributed by atoms with Gasteiger partial charge in [-0.15, -0.1) is 11.8 Å². The van der Waals surface area contributed by atoms with Crippen LogP contribution < -0.4 is 5.32 Å². The first kappa shape index (κ1) is 17.1. The SMILES string of the molecule is Fc1ccc2c(c1)[C@H](Nc1nc(-c3cccnc3)nc3ccccc13)CCS2. The second-order valence-corrected chi connectivity index (χ2v) is 7.81. The van der Waals surface area contributed by atoms with E-state index in [2.05, 4.69) is 10.3 Å². The first-order chi connectivity index (χ1) is 13.8. The smallest absolute Gasteiger partial charge is 0.163 e. The predicted molar refractivity (Wildman–Crippen MR) is 111 cm³/mol. The minimum absolute atomic E-state index is 0.00649. The van der Waals surface area contributed by atoms with E-state index in [-0.39, 0.29) is 11.9 Å². The Bertz CT molecular complexity index is 1150. The summed E-state index contributed by atoms with van der Waals surface area (Å²) in [6.45, 7) is 0. The molecule has 6 heteroatoms. The summed E-state index contributed by atoms with van der Waals surface area (Å²) in [7, 11) is 0. The maximum atomic E-state index is 13.9. The highest BCUT2D eigenvalue weighted by molar-refractivity contribution is 7.99. The number of benzene rings is 2. The number of thioether (sulfide) groups is 1. The third-order valence-electron chi connectivity index (χ3n) is 4.85. The summed E-state index contributed by atoms with van der Waals surface area (Å²) in [6.07, 6.45) is 4.40. The normalized spacial score (nSPS) is 16.0. The summed E-state index contributed by atoms with van der Waals surface area (Å²) in [4.78, 5) is 14.8. The third kappa shape index (κ3) is 3.20. The lowest BCUT2D eigenvalue weighted by molar-refractivity contribution is 0.616. The van der Waals surface area contributed by atoms with Crippen LogP contribution in [0.15, 0.2) is 71.9 Å². The second kappa shape index (κ2) is 7.20. The van der Waals surface area contributed by atoms with Crippen molar-refractivity contribution in [2.24, 2.45) is 0 Å². The van der Waals surface area contributed by atoms with Crippen LogP contribution in [0.4, 0.5) is 10.2 Å². The number of anilines is 1. The number of aromatic nitrogens is 3. The van der Waals surface area contributed by atoms with Gasteiger partial charge < -0.3 is 5.32 Å². The molecular formula is C22H17FN4S. The van der Waals surface area contributed by atoms with E-state index in [0.29, 0.717) is 5.82 Å². The number of rotatable bonds is 3. The molecule has 2 aromatic carbocycles. The number of fused-ring (bicyclic) bond motifs is 2. The van der Waals surface area contributed by atoms with E-state index >= 15 is 0 Å². The van der Waals surface area contributed by atoms with E-state index in [9.17, 15) is 4.39 Å². The van der Waals surface area contributed by atoms with Crippen LogP contribution >= 0.6 is 11.8 Å². The summed E-state index contributed by atoms with van der Waals surface area (Å²) >= 11 is 1.77. The van der Waals surface area contributed by atoms with Gasteiger partial charge in [0.15, 0.2) is 5.82 Å².